The van der Waals surface area contributed by atoms with Gasteiger partial charge in [0, 0.05) is 10.4 Å². The Kier molecular flexibility index (Phi) is 27.9. The molecular weight excluding hydrogens is 422 g/mol. The summed E-state index contributed by atoms with van der Waals surface area (Å²) in [5.41, 5.74) is 0. The minimum atomic E-state index is -5.17. The van der Waals surface area contributed by atoms with Crippen LogP contribution in [0.5, 0.6) is 0 Å². The molecule has 0 aliphatic heterocycles. The molecular formula is C6H14KMgO14PS. The second-order valence-corrected chi connectivity index (χ2v) is 5.05. The van der Waals surface area contributed by atoms with Crippen molar-refractivity contribution < 1.29 is 118 Å². The molecule has 0 fully saturated rings. The van der Waals surface area contributed by atoms with Gasteiger partial charge in [-0.3, -0.25) is 13.0 Å². The monoisotopic (exact) mass is 436 g/mol. The number of hydrogen-bond donors (Lipinski definition) is 7. The molecule has 24 heavy (non-hydrogen) atoms. The van der Waals surface area contributed by atoms with Crippen LogP contribution in [0.15, 0.2) is 0 Å². The van der Waals surface area contributed by atoms with Crippen LogP contribution in [0.3, 0.4) is 0 Å². The second kappa shape index (κ2) is 18.2. The van der Waals surface area contributed by atoms with Gasteiger partial charge in [0.15, 0.2) is 6.29 Å². The summed E-state index contributed by atoms with van der Waals surface area (Å²) in [6.07, 6.45) is -6.84. The molecule has 0 aliphatic rings. The molecule has 0 rings (SSSR count). The topological polar surface area (TPSA) is 279 Å². The molecule has 0 saturated carbocycles. The SMILES string of the molecule is O=C[C@H](O)[C@@H](O)[C@H](O)[C@H](O)CO.O=P([O-])(O)O.O=S(=O)([O-])[O-].[K+].[Mg+2]. The zero-order chi connectivity index (χ0) is 18.7. The first-order valence-corrected chi connectivity index (χ1v) is 7.62. The van der Waals surface area contributed by atoms with Crippen LogP contribution in [0.25, 0.3) is 0 Å². The van der Waals surface area contributed by atoms with Gasteiger partial charge in [-0.1, -0.05) is 0 Å². The van der Waals surface area contributed by atoms with Crippen molar-refractivity contribution in [3.8, 4) is 0 Å². The maximum atomic E-state index is 9.90. The maximum absolute atomic E-state index is 9.90. The second-order valence-electron chi connectivity index (χ2n) is 3.26. The molecule has 0 saturated heterocycles. The zero-order valence-electron chi connectivity index (χ0n) is 12.1. The van der Waals surface area contributed by atoms with E-state index in [1.807, 2.05) is 0 Å². The van der Waals surface area contributed by atoms with Crippen molar-refractivity contribution in [2.24, 2.45) is 0 Å². The number of rotatable bonds is 5. The Morgan fingerprint density at radius 3 is 1.46 bits per heavy atom. The molecule has 0 heterocycles. The van der Waals surface area contributed by atoms with E-state index in [0.29, 0.717) is 0 Å². The molecule has 0 aromatic rings. The molecule has 0 aliphatic carbocycles. The van der Waals surface area contributed by atoms with Crippen molar-refractivity contribution in [3.05, 3.63) is 0 Å². The van der Waals surface area contributed by atoms with Crippen LogP contribution >= 0.6 is 7.82 Å². The standard InChI is InChI=1S/C6H12O6.K.Mg.H3O4P.H2O4S/c7-1-3(9)5(11)6(12)4(10)2-8;;;2*1-5(2,3)4/h1,3-6,8-12H,2H2;;;(H3,1,2,3,4);(H2,1,2,3,4)/q;+1;+2;;/p-3/t3-,4+,5+,6+;;;;/m0..../s1. The Hall–Kier alpha value is 1.85. The van der Waals surface area contributed by atoms with Gasteiger partial charge in [0.2, 0.25) is 0 Å². The van der Waals surface area contributed by atoms with E-state index in [9.17, 15) is 4.79 Å². The average Bonchev–Trinajstić information content (AvgIpc) is 2.30. The Morgan fingerprint density at radius 1 is 1.04 bits per heavy atom. The Balaban J connectivity index is -0.0000000847. The van der Waals surface area contributed by atoms with Crippen LogP contribution in [0.1, 0.15) is 0 Å². The summed E-state index contributed by atoms with van der Waals surface area (Å²) in [5.74, 6) is 0. The summed E-state index contributed by atoms with van der Waals surface area (Å²) in [5, 5.41) is 43.5. The van der Waals surface area contributed by atoms with Gasteiger partial charge in [-0.25, -0.2) is 0 Å². The molecule has 0 aromatic heterocycles. The summed E-state index contributed by atoms with van der Waals surface area (Å²) < 4.78 is 42.9. The molecule has 0 bridgehead atoms. The number of hydrogen-bond acceptors (Lipinski definition) is 12. The molecule has 4 atom stereocenters. The van der Waals surface area contributed by atoms with Crippen LogP contribution in [-0.4, -0.2) is 113 Å². The van der Waals surface area contributed by atoms with E-state index in [1.54, 1.807) is 0 Å². The average molecular weight is 437 g/mol. The third-order valence-electron chi connectivity index (χ3n) is 1.42. The van der Waals surface area contributed by atoms with E-state index < -0.39 is 49.2 Å². The van der Waals surface area contributed by atoms with Gasteiger partial charge in [0.05, 0.1) is 6.61 Å². The van der Waals surface area contributed by atoms with Gasteiger partial charge < -0.3 is 54.1 Å². The van der Waals surface area contributed by atoms with Gasteiger partial charge >= 0.3 is 74.4 Å². The fraction of sp³-hybridized carbons (Fsp3) is 0.833. The summed E-state index contributed by atoms with van der Waals surface area (Å²) in [4.78, 5) is 32.8. The van der Waals surface area contributed by atoms with Crippen molar-refractivity contribution in [1.82, 2.24) is 0 Å². The zero-order valence-corrected chi connectivity index (χ0v) is 18.4. The van der Waals surface area contributed by atoms with Gasteiger partial charge in [-0.15, -0.1) is 0 Å². The molecule has 14 nitrogen and oxygen atoms in total. The van der Waals surface area contributed by atoms with Crippen LogP contribution in [0.4, 0.5) is 0 Å². The van der Waals surface area contributed by atoms with Gasteiger partial charge in [0.25, 0.3) is 7.82 Å². The number of aliphatic hydroxyl groups is 5. The van der Waals surface area contributed by atoms with Crippen LogP contribution < -0.4 is 56.3 Å². The van der Waals surface area contributed by atoms with Gasteiger partial charge in [0.1, 0.15) is 24.4 Å². The molecule has 0 spiro atoms. The smallest absolute Gasteiger partial charge is 0.759 e. The minimum absolute atomic E-state index is 0. The Labute approximate surface area is 194 Å². The van der Waals surface area contributed by atoms with Gasteiger partial charge in [-0.2, -0.15) is 0 Å². The third-order valence-corrected chi connectivity index (χ3v) is 1.42. The van der Waals surface area contributed by atoms with Crippen molar-refractivity contribution in [2.45, 2.75) is 24.4 Å². The van der Waals surface area contributed by atoms with Crippen LogP contribution in [0.2, 0.25) is 0 Å². The molecule has 0 radical (unpaired) electrons. The summed E-state index contributed by atoms with van der Waals surface area (Å²) >= 11 is 0. The summed E-state index contributed by atoms with van der Waals surface area (Å²) in [7, 11) is -10.1. The number of aliphatic hydroxyl groups excluding tert-OH is 5. The van der Waals surface area contributed by atoms with Gasteiger partial charge in [-0.05, 0) is 0 Å². The Morgan fingerprint density at radius 2 is 1.29 bits per heavy atom. The maximum Gasteiger partial charge on any atom is 2.00 e. The molecule has 136 valence electrons. The van der Waals surface area contributed by atoms with E-state index in [2.05, 4.69) is 0 Å². The molecule has 0 unspecified atom stereocenters. The first-order chi connectivity index (χ1) is 9.54. The predicted octanol–water partition coefficient (Wildman–Crippen LogP) is -9.65. The minimum Gasteiger partial charge on any atom is -0.759 e. The molecule has 7 N–H and O–H groups in total. The normalized spacial score (nSPS) is 15.4. The van der Waals surface area contributed by atoms with Crippen molar-refractivity contribution in [2.75, 3.05) is 6.61 Å². The number of carbonyl (C=O) groups is 1. The first kappa shape index (κ1) is 36.7. The molecule has 18 heteroatoms. The van der Waals surface area contributed by atoms with E-state index >= 15 is 0 Å². The van der Waals surface area contributed by atoms with Crippen molar-refractivity contribution in [1.29, 1.82) is 0 Å². The summed E-state index contributed by atoms with van der Waals surface area (Å²) in [6.45, 7) is -0.760. The van der Waals surface area contributed by atoms with E-state index in [4.69, 9.17) is 62.3 Å². The van der Waals surface area contributed by atoms with Crippen LogP contribution in [0, 0.1) is 0 Å². The number of aldehydes is 1. The van der Waals surface area contributed by atoms with Crippen LogP contribution in [-0.2, 0) is 19.8 Å². The van der Waals surface area contributed by atoms with Crippen molar-refractivity contribution in [3.63, 3.8) is 0 Å². The predicted molar refractivity (Wildman–Crippen MR) is 65.4 cm³/mol. The molecule has 0 aromatic carbocycles. The van der Waals surface area contributed by atoms with E-state index in [0.717, 1.165) is 0 Å². The van der Waals surface area contributed by atoms with Crippen molar-refractivity contribution >= 4 is 47.6 Å². The number of carbonyl (C=O) groups excluding carboxylic acids is 1. The Bertz CT molecular complexity index is 424. The quantitative estimate of drug-likeness (QED) is 0.0692. The largest absolute Gasteiger partial charge is 2.00 e. The summed E-state index contributed by atoms with van der Waals surface area (Å²) in [6, 6.07) is 0. The number of phosphoric acid groups is 1. The first-order valence-electron chi connectivity index (χ1n) is 4.76. The fourth-order valence-corrected chi connectivity index (χ4v) is 0.618. The molecule has 0 amide bonds. The fourth-order valence-electron chi connectivity index (χ4n) is 0.618. The third kappa shape index (κ3) is 39.1. The van der Waals surface area contributed by atoms with E-state index in [-0.39, 0.29) is 80.7 Å². The van der Waals surface area contributed by atoms with E-state index in [1.165, 1.54) is 0 Å².